The molecule has 2 amide bonds. The second-order valence-electron chi connectivity index (χ2n) is 7.59. The monoisotopic (exact) mass is 395 g/mol. The molecule has 1 aliphatic heterocycles. The normalized spacial score (nSPS) is 14.4. The molecule has 2 aromatic carbocycles. The summed E-state index contributed by atoms with van der Waals surface area (Å²) in [5.41, 5.74) is 2.65. The Morgan fingerprint density at radius 2 is 1.83 bits per heavy atom. The Bertz CT molecular complexity index is 847. The van der Waals surface area contributed by atoms with E-state index >= 15 is 0 Å². The summed E-state index contributed by atoms with van der Waals surface area (Å²) in [4.78, 5) is 26.8. The van der Waals surface area contributed by atoms with Crippen LogP contribution in [0.25, 0.3) is 0 Å². The van der Waals surface area contributed by atoms with Gasteiger partial charge in [-0.25, -0.2) is 0 Å². The SMILES string of the molecule is CC(CC(=O)Nc1cccc(N2CCCC2)c1)NC(=O)CCc1ccccc1O. The van der Waals surface area contributed by atoms with Crippen molar-refractivity contribution < 1.29 is 14.7 Å². The third-order valence-electron chi connectivity index (χ3n) is 5.11. The van der Waals surface area contributed by atoms with Crippen molar-refractivity contribution in [2.45, 2.75) is 45.1 Å². The van der Waals surface area contributed by atoms with Crippen molar-refractivity contribution in [1.82, 2.24) is 5.32 Å². The molecule has 0 aliphatic carbocycles. The third-order valence-corrected chi connectivity index (χ3v) is 5.11. The number of rotatable bonds is 8. The van der Waals surface area contributed by atoms with E-state index in [9.17, 15) is 14.7 Å². The van der Waals surface area contributed by atoms with E-state index in [-0.39, 0.29) is 36.4 Å². The molecule has 0 radical (unpaired) electrons. The molecule has 0 aromatic heterocycles. The van der Waals surface area contributed by atoms with Crippen LogP contribution >= 0.6 is 0 Å². The number of carbonyl (C=O) groups excluding carboxylic acids is 2. The van der Waals surface area contributed by atoms with Crippen LogP contribution in [-0.4, -0.2) is 36.1 Å². The molecular formula is C23H29N3O3. The predicted molar refractivity (Wildman–Crippen MR) is 115 cm³/mol. The van der Waals surface area contributed by atoms with Gasteiger partial charge in [-0.05, 0) is 56.0 Å². The highest BCUT2D eigenvalue weighted by atomic mass is 16.3. The second kappa shape index (κ2) is 9.96. The topological polar surface area (TPSA) is 81.7 Å². The van der Waals surface area contributed by atoms with Crippen molar-refractivity contribution in [3.05, 3.63) is 54.1 Å². The largest absolute Gasteiger partial charge is 0.508 e. The lowest BCUT2D eigenvalue weighted by atomic mass is 10.1. The molecule has 0 bridgehead atoms. The van der Waals surface area contributed by atoms with Crippen LogP contribution in [0.15, 0.2) is 48.5 Å². The summed E-state index contributed by atoms with van der Waals surface area (Å²) in [5.74, 6) is -0.0643. The number of benzene rings is 2. The summed E-state index contributed by atoms with van der Waals surface area (Å²) in [7, 11) is 0. The van der Waals surface area contributed by atoms with Gasteiger partial charge in [-0.2, -0.15) is 0 Å². The molecule has 0 spiro atoms. The number of nitrogens with one attached hydrogen (secondary N) is 2. The summed E-state index contributed by atoms with van der Waals surface area (Å²) in [6.07, 6.45) is 3.34. The van der Waals surface area contributed by atoms with Crippen molar-refractivity contribution >= 4 is 23.2 Å². The van der Waals surface area contributed by atoms with E-state index in [0.717, 1.165) is 30.0 Å². The van der Waals surface area contributed by atoms with Gasteiger partial charge in [-0.3, -0.25) is 9.59 Å². The van der Waals surface area contributed by atoms with E-state index < -0.39 is 0 Å². The minimum Gasteiger partial charge on any atom is -0.508 e. The van der Waals surface area contributed by atoms with Crippen molar-refractivity contribution in [3.63, 3.8) is 0 Å². The molecule has 1 heterocycles. The first-order valence-corrected chi connectivity index (χ1v) is 10.2. The van der Waals surface area contributed by atoms with Gasteiger partial charge in [0.1, 0.15) is 5.75 Å². The van der Waals surface area contributed by atoms with Crippen molar-refractivity contribution in [3.8, 4) is 5.75 Å². The van der Waals surface area contributed by atoms with Crippen molar-refractivity contribution in [1.29, 1.82) is 0 Å². The number of nitrogens with zero attached hydrogens (tertiary/aromatic N) is 1. The number of hydrogen-bond donors (Lipinski definition) is 3. The Hall–Kier alpha value is -3.02. The van der Waals surface area contributed by atoms with Crippen LogP contribution in [0.3, 0.4) is 0 Å². The van der Waals surface area contributed by atoms with Gasteiger partial charge >= 0.3 is 0 Å². The molecule has 154 valence electrons. The molecule has 6 nitrogen and oxygen atoms in total. The lowest BCUT2D eigenvalue weighted by Gasteiger charge is -2.19. The van der Waals surface area contributed by atoms with Crippen molar-refractivity contribution in [2.24, 2.45) is 0 Å². The van der Waals surface area contributed by atoms with Gasteiger partial charge in [0.2, 0.25) is 11.8 Å². The zero-order valence-electron chi connectivity index (χ0n) is 16.9. The Balaban J connectivity index is 1.43. The summed E-state index contributed by atoms with van der Waals surface area (Å²) in [5, 5.41) is 15.5. The summed E-state index contributed by atoms with van der Waals surface area (Å²) in [6, 6.07) is 14.6. The zero-order valence-corrected chi connectivity index (χ0v) is 16.9. The maximum atomic E-state index is 12.4. The number of hydrogen-bond acceptors (Lipinski definition) is 4. The first-order valence-electron chi connectivity index (χ1n) is 10.2. The van der Waals surface area contributed by atoms with E-state index in [4.69, 9.17) is 0 Å². The van der Waals surface area contributed by atoms with E-state index in [1.165, 1.54) is 12.8 Å². The molecular weight excluding hydrogens is 366 g/mol. The average molecular weight is 396 g/mol. The number of aromatic hydroxyl groups is 1. The van der Waals surface area contributed by atoms with Gasteiger partial charge in [0, 0.05) is 43.3 Å². The van der Waals surface area contributed by atoms with E-state index in [1.54, 1.807) is 18.2 Å². The average Bonchev–Trinajstić information content (AvgIpc) is 3.22. The second-order valence-corrected chi connectivity index (χ2v) is 7.59. The van der Waals surface area contributed by atoms with Gasteiger partial charge in [0.25, 0.3) is 0 Å². The highest BCUT2D eigenvalue weighted by molar-refractivity contribution is 5.92. The van der Waals surface area contributed by atoms with Crippen LogP contribution < -0.4 is 15.5 Å². The molecule has 1 fully saturated rings. The predicted octanol–water partition coefficient (Wildman–Crippen LogP) is 3.46. The Labute approximate surface area is 171 Å². The van der Waals surface area contributed by atoms with Crippen LogP contribution in [-0.2, 0) is 16.0 Å². The molecule has 1 saturated heterocycles. The Kier molecular flexibility index (Phi) is 7.11. The number of carbonyl (C=O) groups is 2. The zero-order chi connectivity index (χ0) is 20.6. The van der Waals surface area contributed by atoms with Crippen LogP contribution in [0, 0.1) is 0 Å². The number of phenolic OH excluding ortho intramolecular Hbond substituents is 1. The quantitative estimate of drug-likeness (QED) is 0.639. The summed E-state index contributed by atoms with van der Waals surface area (Å²) >= 11 is 0. The van der Waals surface area contributed by atoms with Gasteiger partial charge in [-0.15, -0.1) is 0 Å². The fraction of sp³-hybridized carbons (Fsp3) is 0.391. The fourth-order valence-corrected chi connectivity index (χ4v) is 3.61. The first-order chi connectivity index (χ1) is 14.0. The van der Waals surface area contributed by atoms with Gasteiger partial charge < -0.3 is 20.6 Å². The molecule has 1 atom stereocenters. The maximum Gasteiger partial charge on any atom is 0.226 e. The summed E-state index contributed by atoms with van der Waals surface area (Å²) < 4.78 is 0. The standard InChI is InChI=1S/C23H29N3O3/c1-17(24-22(28)12-11-18-7-2-3-10-21(18)27)15-23(29)25-19-8-6-9-20(16-19)26-13-4-5-14-26/h2-3,6-10,16-17,27H,4-5,11-15H2,1H3,(H,24,28)(H,25,29). The molecule has 0 saturated carbocycles. The summed E-state index contributed by atoms with van der Waals surface area (Å²) in [6.45, 7) is 3.93. The molecule has 2 aromatic rings. The van der Waals surface area contributed by atoms with Gasteiger partial charge in [-0.1, -0.05) is 24.3 Å². The van der Waals surface area contributed by atoms with Crippen LogP contribution in [0.2, 0.25) is 0 Å². The minimum absolute atomic E-state index is 0.128. The number of anilines is 2. The number of amides is 2. The molecule has 3 N–H and O–H groups in total. The molecule has 1 aliphatic rings. The number of aryl methyl sites for hydroxylation is 1. The van der Waals surface area contributed by atoms with E-state index in [1.807, 2.05) is 31.2 Å². The molecule has 3 rings (SSSR count). The maximum absolute atomic E-state index is 12.4. The highest BCUT2D eigenvalue weighted by Crippen LogP contribution is 2.23. The Morgan fingerprint density at radius 1 is 1.07 bits per heavy atom. The van der Waals surface area contributed by atoms with Crippen molar-refractivity contribution in [2.75, 3.05) is 23.3 Å². The van der Waals surface area contributed by atoms with E-state index in [0.29, 0.717) is 6.42 Å². The molecule has 1 unspecified atom stereocenters. The van der Waals surface area contributed by atoms with Crippen LogP contribution in [0.5, 0.6) is 5.75 Å². The smallest absolute Gasteiger partial charge is 0.226 e. The fourth-order valence-electron chi connectivity index (χ4n) is 3.61. The minimum atomic E-state index is -0.270. The number of para-hydroxylation sites is 1. The van der Waals surface area contributed by atoms with Gasteiger partial charge in [0.15, 0.2) is 0 Å². The van der Waals surface area contributed by atoms with Gasteiger partial charge in [0.05, 0.1) is 0 Å². The van der Waals surface area contributed by atoms with Crippen LogP contribution in [0.4, 0.5) is 11.4 Å². The Morgan fingerprint density at radius 3 is 2.59 bits per heavy atom. The number of phenols is 1. The molecule has 6 heteroatoms. The van der Waals surface area contributed by atoms with Crippen LogP contribution in [0.1, 0.15) is 38.2 Å². The molecule has 29 heavy (non-hydrogen) atoms. The third kappa shape index (κ3) is 6.24. The highest BCUT2D eigenvalue weighted by Gasteiger charge is 2.15. The first kappa shape index (κ1) is 20.7. The lowest BCUT2D eigenvalue weighted by molar-refractivity contribution is -0.122. The lowest BCUT2D eigenvalue weighted by Crippen LogP contribution is -2.35. The van der Waals surface area contributed by atoms with E-state index in [2.05, 4.69) is 21.6 Å².